The van der Waals surface area contributed by atoms with Crippen LogP contribution in [-0.2, 0) is 13.2 Å². The van der Waals surface area contributed by atoms with Gasteiger partial charge < -0.3 is 14.8 Å². The van der Waals surface area contributed by atoms with Gasteiger partial charge in [0.05, 0.1) is 12.0 Å². The minimum atomic E-state index is -0.409. The van der Waals surface area contributed by atoms with Crippen molar-refractivity contribution in [1.82, 2.24) is 10.2 Å². The average Bonchev–Trinajstić information content (AvgIpc) is 2.67. The highest BCUT2D eigenvalue weighted by atomic mass is 16.6. The van der Waals surface area contributed by atoms with Crippen LogP contribution in [0.3, 0.4) is 0 Å². The maximum absolute atomic E-state index is 10.7. The van der Waals surface area contributed by atoms with Gasteiger partial charge in [-0.2, -0.15) is 0 Å². The Bertz CT molecular complexity index is 779. The van der Waals surface area contributed by atoms with E-state index < -0.39 is 4.92 Å². The van der Waals surface area contributed by atoms with Gasteiger partial charge in [0.15, 0.2) is 11.5 Å². The molecule has 27 heavy (non-hydrogen) atoms. The summed E-state index contributed by atoms with van der Waals surface area (Å²) in [6, 6.07) is 12.9. The third-order valence-corrected chi connectivity index (χ3v) is 4.63. The highest BCUT2D eigenvalue weighted by Crippen LogP contribution is 2.29. The topological polar surface area (TPSA) is 76.9 Å². The second-order valence-corrected chi connectivity index (χ2v) is 6.79. The maximum atomic E-state index is 10.7. The zero-order valence-corrected chi connectivity index (χ0v) is 15.7. The molecular weight excluding hydrogens is 346 g/mol. The van der Waals surface area contributed by atoms with Gasteiger partial charge in [0.25, 0.3) is 5.69 Å². The van der Waals surface area contributed by atoms with Crippen LogP contribution in [0.4, 0.5) is 5.69 Å². The maximum Gasteiger partial charge on any atom is 0.269 e. The molecule has 0 aromatic heterocycles. The fourth-order valence-corrected chi connectivity index (χ4v) is 3.22. The Balaban J connectivity index is 1.67. The van der Waals surface area contributed by atoms with Crippen LogP contribution in [0.2, 0.25) is 0 Å². The smallest absolute Gasteiger partial charge is 0.269 e. The Morgan fingerprint density at radius 2 is 1.93 bits per heavy atom. The predicted octanol–water partition coefficient (Wildman–Crippen LogP) is 2.98. The quantitative estimate of drug-likeness (QED) is 0.596. The first-order valence-electron chi connectivity index (χ1n) is 9.04. The molecule has 1 N–H and O–H groups in total. The Labute approximate surface area is 159 Å². The second-order valence-electron chi connectivity index (χ2n) is 6.79. The van der Waals surface area contributed by atoms with Crippen molar-refractivity contribution in [3.05, 3.63) is 63.7 Å². The van der Waals surface area contributed by atoms with E-state index in [1.807, 2.05) is 12.1 Å². The summed E-state index contributed by atoms with van der Waals surface area (Å²) in [4.78, 5) is 12.8. The van der Waals surface area contributed by atoms with E-state index in [0.717, 1.165) is 31.7 Å². The second kappa shape index (κ2) is 8.83. The minimum absolute atomic E-state index is 0.0728. The fraction of sp³-hybridized carbons (Fsp3) is 0.400. The molecule has 0 radical (unpaired) electrons. The average molecular weight is 371 g/mol. The van der Waals surface area contributed by atoms with Crippen molar-refractivity contribution in [3.8, 4) is 11.5 Å². The molecule has 0 bridgehead atoms. The summed E-state index contributed by atoms with van der Waals surface area (Å²) in [5, 5.41) is 14.2. The third-order valence-electron chi connectivity index (χ3n) is 4.63. The molecule has 0 spiro atoms. The van der Waals surface area contributed by atoms with Gasteiger partial charge in [-0.15, -0.1) is 0 Å². The van der Waals surface area contributed by atoms with E-state index in [0.29, 0.717) is 24.1 Å². The van der Waals surface area contributed by atoms with Crippen LogP contribution in [0.5, 0.6) is 11.5 Å². The number of hydrogen-bond donors (Lipinski definition) is 1. The third kappa shape index (κ3) is 5.18. The molecule has 0 aliphatic carbocycles. The minimum Gasteiger partial charge on any atom is -0.493 e. The molecule has 2 aromatic rings. The van der Waals surface area contributed by atoms with Crippen LogP contribution >= 0.6 is 0 Å². The number of benzene rings is 2. The van der Waals surface area contributed by atoms with E-state index >= 15 is 0 Å². The standard InChI is InChI=1S/C20H25N3O4/c1-15-12-22(10-9-21-15)13-17-5-8-19(26-2)20(11-17)27-14-16-3-6-18(7-4-16)23(24)25/h3-8,11,15,21H,9-10,12-14H2,1-2H3. The number of methoxy groups -OCH3 is 1. The van der Waals surface area contributed by atoms with Crippen molar-refractivity contribution < 1.29 is 14.4 Å². The molecule has 3 rings (SSSR count). The summed E-state index contributed by atoms with van der Waals surface area (Å²) in [7, 11) is 1.62. The Morgan fingerprint density at radius 3 is 2.59 bits per heavy atom. The molecule has 7 nitrogen and oxygen atoms in total. The molecule has 1 saturated heterocycles. The zero-order chi connectivity index (χ0) is 19.2. The van der Waals surface area contributed by atoms with Crippen LogP contribution in [0.1, 0.15) is 18.1 Å². The van der Waals surface area contributed by atoms with Crippen molar-refractivity contribution in [2.24, 2.45) is 0 Å². The lowest BCUT2D eigenvalue weighted by Gasteiger charge is -2.31. The molecule has 0 saturated carbocycles. The van der Waals surface area contributed by atoms with Gasteiger partial charge in [-0.1, -0.05) is 6.07 Å². The number of ether oxygens (including phenoxy) is 2. The Kier molecular flexibility index (Phi) is 6.26. The number of piperazine rings is 1. The van der Waals surface area contributed by atoms with Crippen molar-refractivity contribution in [2.75, 3.05) is 26.7 Å². The molecule has 144 valence electrons. The number of nitro groups is 1. The van der Waals surface area contributed by atoms with Crippen LogP contribution in [0, 0.1) is 10.1 Å². The first-order chi connectivity index (χ1) is 13.0. The predicted molar refractivity (Wildman–Crippen MR) is 103 cm³/mol. The molecule has 1 aliphatic rings. The van der Waals surface area contributed by atoms with Gasteiger partial charge in [-0.05, 0) is 42.3 Å². The number of nitrogens with zero attached hydrogens (tertiary/aromatic N) is 2. The molecule has 1 fully saturated rings. The van der Waals surface area contributed by atoms with E-state index in [1.165, 1.54) is 17.7 Å². The lowest BCUT2D eigenvalue weighted by molar-refractivity contribution is -0.384. The molecule has 0 amide bonds. The van der Waals surface area contributed by atoms with Gasteiger partial charge in [-0.25, -0.2) is 0 Å². The molecule has 1 unspecified atom stereocenters. The summed E-state index contributed by atoms with van der Waals surface area (Å²) in [5.41, 5.74) is 2.11. The SMILES string of the molecule is COc1ccc(CN2CCNC(C)C2)cc1OCc1ccc([N+](=O)[O-])cc1. The number of nitro benzene ring substituents is 1. The van der Waals surface area contributed by atoms with Crippen LogP contribution in [-0.4, -0.2) is 42.6 Å². The summed E-state index contributed by atoms with van der Waals surface area (Å²) >= 11 is 0. The Hall–Kier alpha value is -2.64. The number of hydrogen-bond acceptors (Lipinski definition) is 6. The molecular formula is C20H25N3O4. The monoisotopic (exact) mass is 371 g/mol. The lowest BCUT2D eigenvalue weighted by atomic mass is 10.1. The van der Waals surface area contributed by atoms with Gasteiger partial charge in [0.2, 0.25) is 0 Å². The Morgan fingerprint density at radius 1 is 1.19 bits per heavy atom. The number of nitrogens with one attached hydrogen (secondary N) is 1. The van der Waals surface area contributed by atoms with E-state index in [1.54, 1.807) is 19.2 Å². The van der Waals surface area contributed by atoms with E-state index in [9.17, 15) is 10.1 Å². The fourth-order valence-electron chi connectivity index (χ4n) is 3.22. The van der Waals surface area contributed by atoms with Crippen LogP contribution < -0.4 is 14.8 Å². The highest BCUT2D eigenvalue weighted by Gasteiger charge is 2.16. The van der Waals surface area contributed by atoms with E-state index in [2.05, 4.69) is 23.2 Å². The summed E-state index contributed by atoms with van der Waals surface area (Å²) < 4.78 is 11.3. The van der Waals surface area contributed by atoms with Crippen molar-refractivity contribution in [1.29, 1.82) is 0 Å². The van der Waals surface area contributed by atoms with E-state index in [4.69, 9.17) is 9.47 Å². The summed E-state index contributed by atoms with van der Waals surface area (Å²) in [6.07, 6.45) is 0. The zero-order valence-electron chi connectivity index (χ0n) is 15.7. The summed E-state index contributed by atoms with van der Waals surface area (Å²) in [5.74, 6) is 1.35. The first-order valence-corrected chi connectivity index (χ1v) is 9.04. The largest absolute Gasteiger partial charge is 0.493 e. The van der Waals surface area contributed by atoms with E-state index in [-0.39, 0.29) is 5.69 Å². The summed E-state index contributed by atoms with van der Waals surface area (Å²) in [6.45, 7) is 6.42. The van der Waals surface area contributed by atoms with Crippen LogP contribution in [0.15, 0.2) is 42.5 Å². The van der Waals surface area contributed by atoms with Crippen LogP contribution in [0.25, 0.3) is 0 Å². The van der Waals surface area contributed by atoms with Gasteiger partial charge >= 0.3 is 0 Å². The molecule has 1 aliphatic heterocycles. The van der Waals surface area contributed by atoms with Crippen molar-refractivity contribution in [2.45, 2.75) is 26.1 Å². The van der Waals surface area contributed by atoms with Gasteiger partial charge in [0.1, 0.15) is 6.61 Å². The molecule has 7 heteroatoms. The van der Waals surface area contributed by atoms with Crippen molar-refractivity contribution in [3.63, 3.8) is 0 Å². The number of rotatable bonds is 7. The molecule has 1 heterocycles. The van der Waals surface area contributed by atoms with Gasteiger partial charge in [0, 0.05) is 44.4 Å². The van der Waals surface area contributed by atoms with Gasteiger partial charge in [-0.3, -0.25) is 15.0 Å². The molecule has 2 aromatic carbocycles. The highest BCUT2D eigenvalue weighted by molar-refractivity contribution is 5.43. The normalized spacial score (nSPS) is 17.5. The van der Waals surface area contributed by atoms with Crippen molar-refractivity contribution >= 4 is 5.69 Å². The first kappa shape index (κ1) is 19.1. The number of non-ortho nitro benzene ring substituents is 1. The lowest BCUT2D eigenvalue weighted by Crippen LogP contribution is -2.48. The molecule has 1 atom stereocenters.